The summed E-state index contributed by atoms with van der Waals surface area (Å²) in [5.41, 5.74) is 7.08. The van der Waals surface area contributed by atoms with Gasteiger partial charge in [0.15, 0.2) is 5.96 Å². The van der Waals surface area contributed by atoms with Crippen LogP contribution in [-0.2, 0) is 11.2 Å². The average Bonchev–Trinajstić information content (AvgIpc) is 2.85. The molecule has 0 aliphatic carbocycles. The molecule has 1 aromatic heterocycles. The van der Waals surface area contributed by atoms with E-state index >= 15 is 0 Å². The number of nitrogens with two attached hydrogens (primary N) is 1. The predicted octanol–water partition coefficient (Wildman–Crippen LogP) is 1.42. The van der Waals surface area contributed by atoms with E-state index < -0.39 is 0 Å². The first-order chi connectivity index (χ1) is 9.25. The molecule has 0 spiro atoms. The Labute approximate surface area is 118 Å². The summed E-state index contributed by atoms with van der Waals surface area (Å²) < 4.78 is 5.29. The van der Waals surface area contributed by atoms with Crippen molar-refractivity contribution in [1.82, 2.24) is 9.88 Å². The standard InChI is InChI=1S/C13H22N4OS/c1-11-10-19-12(16-11)4-2-3-5-15-13(14)17-6-8-18-9-7-17/h10H,2-9H2,1H3,(H2,14,15). The number of guanidine groups is 1. The third kappa shape index (κ3) is 4.80. The van der Waals surface area contributed by atoms with E-state index in [1.807, 2.05) is 6.92 Å². The van der Waals surface area contributed by atoms with Crippen molar-refractivity contribution < 1.29 is 4.74 Å². The lowest BCUT2D eigenvalue weighted by molar-refractivity contribution is 0.0674. The van der Waals surface area contributed by atoms with Crippen LogP contribution in [0.15, 0.2) is 10.4 Å². The Morgan fingerprint density at radius 2 is 2.26 bits per heavy atom. The first-order valence-corrected chi connectivity index (χ1v) is 7.67. The molecule has 1 aliphatic heterocycles. The van der Waals surface area contributed by atoms with Crippen LogP contribution in [0.3, 0.4) is 0 Å². The average molecular weight is 282 g/mol. The molecule has 106 valence electrons. The van der Waals surface area contributed by atoms with Crippen LogP contribution in [0.2, 0.25) is 0 Å². The molecule has 0 radical (unpaired) electrons. The van der Waals surface area contributed by atoms with Crippen molar-refractivity contribution in [3.8, 4) is 0 Å². The maximum Gasteiger partial charge on any atom is 0.191 e. The van der Waals surface area contributed by atoms with Crippen molar-refractivity contribution in [1.29, 1.82) is 0 Å². The second kappa shape index (κ2) is 7.45. The first kappa shape index (κ1) is 14.3. The van der Waals surface area contributed by atoms with Gasteiger partial charge in [0.2, 0.25) is 0 Å². The predicted molar refractivity (Wildman–Crippen MR) is 78.7 cm³/mol. The number of rotatable bonds is 5. The SMILES string of the molecule is Cc1csc(CCCCN=C(N)N2CCOCC2)n1. The zero-order valence-electron chi connectivity index (χ0n) is 11.5. The van der Waals surface area contributed by atoms with Crippen molar-refractivity contribution in [3.05, 3.63) is 16.1 Å². The number of unbranched alkanes of at least 4 members (excludes halogenated alkanes) is 1. The van der Waals surface area contributed by atoms with E-state index in [0.29, 0.717) is 5.96 Å². The molecular formula is C13H22N4OS. The Kier molecular flexibility index (Phi) is 5.60. The maximum atomic E-state index is 5.96. The summed E-state index contributed by atoms with van der Waals surface area (Å²) in [6.45, 7) is 6.04. The van der Waals surface area contributed by atoms with E-state index in [9.17, 15) is 0 Å². The van der Waals surface area contributed by atoms with Gasteiger partial charge in [0, 0.05) is 30.7 Å². The summed E-state index contributed by atoms with van der Waals surface area (Å²) in [6.07, 6.45) is 3.22. The molecule has 0 bridgehead atoms. The van der Waals surface area contributed by atoms with Gasteiger partial charge in [-0.1, -0.05) is 0 Å². The Balaban J connectivity index is 1.62. The molecule has 2 rings (SSSR count). The molecule has 5 nitrogen and oxygen atoms in total. The monoisotopic (exact) mass is 282 g/mol. The third-order valence-electron chi connectivity index (χ3n) is 3.07. The van der Waals surface area contributed by atoms with Gasteiger partial charge in [0.25, 0.3) is 0 Å². The molecule has 2 heterocycles. The number of thiazole rings is 1. The molecule has 2 N–H and O–H groups in total. The van der Waals surface area contributed by atoms with Crippen molar-refractivity contribution in [2.75, 3.05) is 32.8 Å². The van der Waals surface area contributed by atoms with Crippen molar-refractivity contribution >= 4 is 17.3 Å². The lowest BCUT2D eigenvalue weighted by Crippen LogP contribution is -2.44. The minimum Gasteiger partial charge on any atom is -0.378 e. The highest BCUT2D eigenvalue weighted by atomic mass is 32.1. The fraction of sp³-hybridized carbons (Fsp3) is 0.692. The van der Waals surface area contributed by atoms with Crippen molar-refractivity contribution in [2.45, 2.75) is 26.2 Å². The molecule has 1 aromatic rings. The van der Waals surface area contributed by atoms with Gasteiger partial charge in [-0.15, -0.1) is 11.3 Å². The molecular weight excluding hydrogens is 260 g/mol. The largest absolute Gasteiger partial charge is 0.378 e. The summed E-state index contributed by atoms with van der Waals surface area (Å²) >= 11 is 1.74. The summed E-state index contributed by atoms with van der Waals surface area (Å²) in [5.74, 6) is 0.661. The lowest BCUT2D eigenvalue weighted by Gasteiger charge is -2.27. The lowest BCUT2D eigenvalue weighted by atomic mass is 10.2. The minimum atomic E-state index is 0.661. The maximum absolute atomic E-state index is 5.96. The highest BCUT2D eigenvalue weighted by molar-refractivity contribution is 7.09. The van der Waals surface area contributed by atoms with Crippen molar-refractivity contribution in [3.63, 3.8) is 0 Å². The van der Waals surface area contributed by atoms with Crippen LogP contribution >= 0.6 is 11.3 Å². The van der Waals surface area contributed by atoms with Crippen LogP contribution in [0.25, 0.3) is 0 Å². The molecule has 0 aromatic carbocycles. The highest BCUT2D eigenvalue weighted by Gasteiger charge is 2.11. The van der Waals surface area contributed by atoms with Crippen LogP contribution in [0.5, 0.6) is 0 Å². The second-order valence-corrected chi connectivity index (χ2v) is 5.62. The van der Waals surface area contributed by atoms with E-state index in [0.717, 1.165) is 57.8 Å². The quantitative estimate of drug-likeness (QED) is 0.504. The summed E-state index contributed by atoms with van der Waals surface area (Å²) in [7, 11) is 0. The smallest absolute Gasteiger partial charge is 0.191 e. The Hall–Kier alpha value is -1.14. The Bertz CT molecular complexity index is 413. The van der Waals surface area contributed by atoms with Crippen LogP contribution in [0, 0.1) is 6.92 Å². The van der Waals surface area contributed by atoms with Crippen LogP contribution in [0.1, 0.15) is 23.5 Å². The molecule has 0 atom stereocenters. The number of morpholine rings is 1. The van der Waals surface area contributed by atoms with Gasteiger partial charge in [-0.3, -0.25) is 4.99 Å². The van der Waals surface area contributed by atoms with Gasteiger partial charge >= 0.3 is 0 Å². The highest BCUT2D eigenvalue weighted by Crippen LogP contribution is 2.11. The van der Waals surface area contributed by atoms with E-state index in [2.05, 4.69) is 20.3 Å². The van der Waals surface area contributed by atoms with Gasteiger partial charge < -0.3 is 15.4 Å². The fourth-order valence-electron chi connectivity index (χ4n) is 1.99. The van der Waals surface area contributed by atoms with Crippen molar-refractivity contribution in [2.24, 2.45) is 10.7 Å². The van der Waals surface area contributed by atoms with Gasteiger partial charge in [0.05, 0.1) is 18.2 Å². The summed E-state index contributed by atoms with van der Waals surface area (Å²) in [4.78, 5) is 11.0. The topological polar surface area (TPSA) is 63.7 Å². The molecule has 0 amide bonds. The van der Waals surface area contributed by atoms with Gasteiger partial charge in [0.1, 0.15) is 0 Å². The molecule has 1 aliphatic rings. The minimum absolute atomic E-state index is 0.661. The van der Waals surface area contributed by atoms with E-state index in [-0.39, 0.29) is 0 Å². The molecule has 0 unspecified atom stereocenters. The number of aliphatic imine (C=N–C) groups is 1. The van der Waals surface area contributed by atoms with Gasteiger partial charge in [-0.2, -0.15) is 0 Å². The van der Waals surface area contributed by atoms with Gasteiger partial charge in [-0.25, -0.2) is 4.98 Å². The number of aryl methyl sites for hydroxylation is 2. The van der Waals surface area contributed by atoms with Crippen LogP contribution < -0.4 is 5.73 Å². The van der Waals surface area contributed by atoms with Gasteiger partial charge in [-0.05, 0) is 26.2 Å². The number of nitrogens with zero attached hydrogens (tertiary/aromatic N) is 3. The molecule has 0 saturated carbocycles. The zero-order chi connectivity index (χ0) is 13.5. The third-order valence-corrected chi connectivity index (χ3v) is 4.10. The Morgan fingerprint density at radius 3 is 2.95 bits per heavy atom. The second-order valence-electron chi connectivity index (χ2n) is 4.68. The fourth-order valence-corrected chi connectivity index (χ4v) is 2.81. The summed E-state index contributed by atoms with van der Waals surface area (Å²) in [6, 6.07) is 0. The van der Waals surface area contributed by atoms with Crippen LogP contribution in [0.4, 0.5) is 0 Å². The molecule has 1 saturated heterocycles. The first-order valence-electron chi connectivity index (χ1n) is 6.79. The van der Waals surface area contributed by atoms with E-state index in [1.165, 1.54) is 5.01 Å². The molecule has 1 fully saturated rings. The Morgan fingerprint density at radius 1 is 1.47 bits per heavy atom. The molecule has 6 heteroatoms. The normalized spacial score (nSPS) is 16.9. The zero-order valence-corrected chi connectivity index (χ0v) is 12.3. The van der Waals surface area contributed by atoms with E-state index in [1.54, 1.807) is 11.3 Å². The van der Waals surface area contributed by atoms with E-state index in [4.69, 9.17) is 10.5 Å². The summed E-state index contributed by atoms with van der Waals surface area (Å²) in [5, 5.41) is 3.33. The molecule has 19 heavy (non-hydrogen) atoms. The number of aromatic nitrogens is 1. The number of hydrogen-bond donors (Lipinski definition) is 1. The number of ether oxygens (including phenoxy) is 1. The number of hydrogen-bond acceptors (Lipinski definition) is 4. The van der Waals surface area contributed by atoms with Crippen LogP contribution in [-0.4, -0.2) is 48.7 Å².